The van der Waals surface area contributed by atoms with Crippen LogP contribution in [0.5, 0.6) is 0 Å². The summed E-state index contributed by atoms with van der Waals surface area (Å²) in [5.74, 6) is 1.29. The number of benzene rings is 10. The van der Waals surface area contributed by atoms with Gasteiger partial charge in [0.1, 0.15) is 5.82 Å². The third kappa shape index (κ3) is 6.26. The lowest BCUT2D eigenvalue weighted by Crippen LogP contribution is -2.74. The Morgan fingerprint density at radius 2 is 0.750 bits per heavy atom. The molecule has 0 radical (unpaired) electrons. The third-order valence-electron chi connectivity index (χ3n) is 14.6. The quantitative estimate of drug-likeness (QED) is 0.0866. The minimum absolute atomic E-state index is 0.544. The average Bonchev–Trinajstić information content (AvgIpc) is 4.09. The Kier molecular flexibility index (Phi) is 9.49. The first-order valence-electron chi connectivity index (χ1n) is 24.3. The maximum absolute atomic E-state index is 7.88. The zero-order valence-corrected chi connectivity index (χ0v) is 39.9. The van der Waals surface area contributed by atoms with Gasteiger partial charge < -0.3 is 4.57 Å². The van der Waals surface area contributed by atoms with Crippen LogP contribution in [0.2, 0.25) is 0 Å². The molecule has 0 aliphatic carbocycles. The summed E-state index contributed by atoms with van der Waals surface area (Å²) in [5.41, 5.74) is 9.79. The van der Waals surface area contributed by atoms with E-state index in [4.69, 9.17) is 16.5 Å². The zero-order valence-electron chi connectivity index (χ0n) is 38.9. The van der Waals surface area contributed by atoms with Gasteiger partial charge >= 0.3 is 0 Å². The van der Waals surface area contributed by atoms with Gasteiger partial charge in [0.05, 0.1) is 45.4 Å². The van der Waals surface area contributed by atoms with Gasteiger partial charge in [0.25, 0.3) is 0 Å². The van der Waals surface area contributed by atoms with Gasteiger partial charge in [0.2, 0.25) is 5.95 Å². The molecule has 0 saturated carbocycles. The molecule has 10 aromatic carbocycles. The molecule has 0 N–H and O–H groups in total. The van der Waals surface area contributed by atoms with E-state index in [1.165, 1.54) is 42.6 Å². The molecule has 4 heterocycles. The van der Waals surface area contributed by atoms with Gasteiger partial charge in [-0.2, -0.15) is 4.98 Å². The van der Waals surface area contributed by atoms with Crippen LogP contribution in [-0.2, 0) is 0 Å². The van der Waals surface area contributed by atoms with E-state index in [0.717, 1.165) is 66.4 Å². The summed E-state index contributed by atoms with van der Waals surface area (Å²) in [4.78, 5) is 14.9. The topological polar surface area (TPSA) is 44.9 Å². The van der Waals surface area contributed by atoms with Crippen molar-refractivity contribution in [1.29, 1.82) is 0 Å². The molecular formula is C65H42N6Si. The van der Waals surface area contributed by atoms with Gasteiger partial charge in [-0.15, -0.1) is 0 Å². The van der Waals surface area contributed by atoms with Crippen molar-refractivity contribution in [3.05, 3.63) is 266 Å². The van der Waals surface area contributed by atoms with Crippen molar-refractivity contribution in [3.63, 3.8) is 0 Å². The van der Waals surface area contributed by atoms with E-state index in [1.807, 2.05) is 18.2 Å². The Morgan fingerprint density at radius 3 is 1.29 bits per heavy atom. The van der Waals surface area contributed by atoms with Crippen molar-refractivity contribution in [2.24, 2.45) is 0 Å². The summed E-state index contributed by atoms with van der Waals surface area (Å²) in [7, 11) is -2.78. The molecule has 4 aromatic heterocycles. The molecule has 0 amide bonds. The van der Waals surface area contributed by atoms with Crippen LogP contribution in [0.15, 0.2) is 255 Å². The lowest BCUT2D eigenvalue weighted by Gasteiger charge is -2.34. The highest BCUT2D eigenvalue weighted by molar-refractivity contribution is 7.19. The Bertz CT molecular complexity index is 4300. The van der Waals surface area contributed by atoms with Gasteiger partial charge in [0.15, 0.2) is 13.8 Å². The molecule has 0 atom stereocenters. The van der Waals surface area contributed by atoms with Gasteiger partial charge in [-0.05, 0) is 80.7 Å². The summed E-state index contributed by atoms with van der Waals surface area (Å²) in [6, 6.07) is 91.5. The van der Waals surface area contributed by atoms with Crippen LogP contribution < -0.4 is 20.7 Å². The fourth-order valence-corrected chi connectivity index (χ4v) is 16.3. The fourth-order valence-electron chi connectivity index (χ4n) is 11.5. The van der Waals surface area contributed by atoms with Crippen molar-refractivity contribution >= 4 is 99.9 Å². The highest BCUT2D eigenvalue weighted by Crippen LogP contribution is 2.39. The number of para-hydroxylation sites is 4. The van der Waals surface area contributed by atoms with E-state index < -0.39 is 8.07 Å². The van der Waals surface area contributed by atoms with Crippen molar-refractivity contribution < 1.29 is 0 Å². The number of nitrogens with zero attached hydrogens (tertiary/aromatic N) is 6. The Labute approximate surface area is 416 Å². The van der Waals surface area contributed by atoms with Crippen LogP contribution in [-0.4, -0.2) is 31.7 Å². The van der Waals surface area contributed by atoms with E-state index in [9.17, 15) is 0 Å². The van der Waals surface area contributed by atoms with Crippen LogP contribution in [0, 0.1) is 6.57 Å². The van der Waals surface area contributed by atoms with Gasteiger partial charge in [-0.3, -0.25) is 9.13 Å². The molecule has 0 bridgehead atoms. The maximum Gasteiger partial charge on any atom is 0.237 e. The lowest BCUT2D eigenvalue weighted by atomic mass is 10.1. The molecule has 7 heteroatoms. The van der Waals surface area contributed by atoms with Crippen LogP contribution in [0.1, 0.15) is 0 Å². The highest BCUT2D eigenvalue weighted by atomic mass is 28.3. The van der Waals surface area contributed by atoms with E-state index in [0.29, 0.717) is 11.6 Å². The van der Waals surface area contributed by atoms with E-state index >= 15 is 0 Å². The van der Waals surface area contributed by atoms with Crippen LogP contribution in [0.25, 0.3) is 99.0 Å². The third-order valence-corrected chi connectivity index (χ3v) is 19.4. The molecule has 72 heavy (non-hydrogen) atoms. The smallest absolute Gasteiger partial charge is 0.237 e. The minimum Gasteiger partial charge on any atom is -0.309 e. The SMILES string of the molecule is [C-]#[N+]c1ccc2c(c1)c1ccccc1n2-c1nc(-c2ccc([Si](c3ccccc3)(c3ccccc3)c3ccccc3)cc2)cc(-n2c3ccccc3c3cc(-n4c5ccccc5c5ccccc54)ccc32)n1. The van der Waals surface area contributed by atoms with Gasteiger partial charge in [-0.1, -0.05) is 194 Å². The van der Waals surface area contributed by atoms with E-state index in [-0.39, 0.29) is 0 Å². The fraction of sp³-hybridized carbons (Fsp3) is 0. The second-order valence-electron chi connectivity index (χ2n) is 18.4. The van der Waals surface area contributed by atoms with E-state index in [1.54, 1.807) is 0 Å². The second-order valence-corrected chi connectivity index (χ2v) is 22.2. The zero-order chi connectivity index (χ0) is 47.8. The molecule has 0 saturated heterocycles. The van der Waals surface area contributed by atoms with Crippen molar-refractivity contribution in [2.45, 2.75) is 0 Å². The first-order valence-corrected chi connectivity index (χ1v) is 26.3. The summed E-state index contributed by atoms with van der Waals surface area (Å²) >= 11 is 0. The monoisotopic (exact) mass is 934 g/mol. The van der Waals surface area contributed by atoms with Crippen molar-refractivity contribution in [1.82, 2.24) is 23.7 Å². The first kappa shape index (κ1) is 41.4. The Balaban J connectivity index is 1.01. The van der Waals surface area contributed by atoms with Crippen LogP contribution in [0.4, 0.5) is 5.69 Å². The molecular weight excluding hydrogens is 893 g/mol. The molecule has 0 fully saturated rings. The summed E-state index contributed by atoms with van der Waals surface area (Å²) in [5, 5.41) is 12.0. The number of hydrogen-bond donors (Lipinski definition) is 0. The maximum atomic E-state index is 7.88. The molecule has 0 aliphatic rings. The molecule has 14 rings (SSSR count). The summed E-state index contributed by atoms with van der Waals surface area (Å²) < 4.78 is 6.84. The predicted octanol–water partition coefficient (Wildman–Crippen LogP) is 13.4. The largest absolute Gasteiger partial charge is 0.309 e. The standard InChI is InChI=1S/C65H42N6Si/c1-66-45-35-39-63-55(41-45)53-27-14-18-32-61(53)71(63)65-67-57(44-33-37-50(38-34-44)72(47-19-5-2-6-20-47,48-21-7-3-8-22-48)49-23-9-4-10-24-49)43-64(68-65)70-60-31-17-13-28-54(60)56-42-46(36-40-62(56)70)69-58-29-15-11-25-51(58)52-26-12-16-30-59(52)69/h2-43H. The molecule has 6 nitrogen and oxygen atoms in total. The van der Waals surface area contributed by atoms with Crippen LogP contribution >= 0.6 is 0 Å². The van der Waals surface area contributed by atoms with Gasteiger partial charge in [-0.25, -0.2) is 9.83 Å². The Morgan fingerprint density at radius 1 is 0.333 bits per heavy atom. The molecule has 0 unspecified atom stereocenters. The minimum atomic E-state index is -2.78. The lowest BCUT2D eigenvalue weighted by molar-refractivity contribution is 0.952. The first-order chi connectivity index (χ1) is 35.7. The molecule has 336 valence electrons. The number of fused-ring (bicyclic) bond motifs is 9. The average molecular weight is 935 g/mol. The number of rotatable bonds is 8. The molecule has 0 spiro atoms. The second kappa shape index (κ2) is 16.5. The molecule has 0 aliphatic heterocycles. The predicted molar refractivity (Wildman–Crippen MR) is 300 cm³/mol. The number of hydrogen-bond acceptors (Lipinski definition) is 2. The van der Waals surface area contributed by atoms with E-state index in [2.05, 4.69) is 255 Å². The van der Waals surface area contributed by atoms with Crippen molar-refractivity contribution in [3.8, 4) is 28.7 Å². The molecule has 14 aromatic rings. The van der Waals surface area contributed by atoms with Crippen molar-refractivity contribution in [2.75, 3.05) is 0 Å². The highest BCUT2D eigenvalue weighted by Gasteiger charge is 2.41. The van der Waals surface area contributed by atoms with Crippen LogP contribution in [0.3, 0.4) is 0 Å². The number of aromatic nitrogens is 5. The summed E-state index contributed by atoms with van der Waals surface area (Å²) in [6.45, 7) is 7.88. The van der Waals surface area contributed by atoms with Gasteiger partial charge in [0, 0.05) is 44.2 Å². The summed E-state index contributed by atoms with van der Waals surface area (Å²) in [6.07, 6.45) is 0. The Hall–Kier alpha value is -9.61. The normalized spacial score (nSPS) is 11.9.